The Kier molecular flexibility index (Phi) is 5.13. The number of rotatable bonds is 4. The van der Waals surface area contributed by atoms with Crippen molar-refractivity contribution in [2.45, 2.75) is 51.4 Å². The Balaban J connectivity index is 2.05. The van der Waals surface area contributed by atoms with Crippen LogP contribution in [-0.2, 0) is 38.1 Å². The highest BCUT2D eigenvalue weighted by Crippen LogP contribution is 2.39. The molecule has 2 aliphatic heterocycles. The minimum Gasteiger partial charge on any atom is -0.455 e. The summed E-state index contributed by atoms with van der Waals surface area (Å²) in [4.78, 5) is 49.1. The molecule has 2 aliphatic rings. The van der Waals surface area contributed by atoms with Crippen LogP contribution < -0.4 is 4.90 Å². The molecule has 5 atom stereocenters. The van der Waals surface area contributed by atoms with Crippen LogP contribution in [0.25, 0.3) is 0 Å². The Labute approximate surface area is 155 Å². The summed E-state index contributed by atoms with van der Waals surface area (Å²) in [5.74, 6) is -2.50. The molecule has 1 aromatic rings. The molecule has 3 rings (SSSR count). The van der Waals surface area contributed by atoms with Gasteiger partial charge in [-0.2, -0.15) is 0 Å². The fourth-order valence-electron chi connectivity index (χ4n) is 3.32. The molecule has 27 heavy (non-hydrogen) atoms. The first-order valence-electron chi connectivity index (χ1n) is 8.35. The van der Waals surface area contributed by atoms with E-state index in [0.29, 0.717) is 5.69 Å². The molecule has 144 valence electrons. The number of carbonyl (C=O) groups excluding carboxylic acids is 4. The molecule has 2 heterocycles. The highest BCUT2D eigenvalue weighted by molar-refractivity contribution is 6.00. The standard InChI is InChI=1S/C18H19NO8/c1-9(20)24-13-14(25-10(2)21)16(26-11(3)22)18-19(17(23)15(13)27-18)12-7-5-4-6-8-12/h4-8,13-16,18H,1-3H3/t13-,14-,15-,16+,18+/m0/s1. The second kappa shape index (κ2) is 7.36. The number of ether oxygens (including phenoxy) is 4. The molecule has 9 heteroatoms. The van der Waals surface area contributed by atoms with Crippen molar-refractivity contribution in [3.05, 3.63) is 30.3 Å². The van der Waals surface area contributed by atoms with Gasteiger partial charge in [-0.15, -0.1) is 0 Å². The molecule has 0 saturated carbocycles. The molecule has 2 bridgehead atoms. The molecule has 1 amide bonds. The lowest BCUT2D eigenvalue weighted by Gasteiger charge is -2.39. The molecule has 1 aromatic carbocycles. The summed E-state index contributed by atoms with van der Waals surface area (Å²) in [6, 6.07) is 8.63. The summed E-state index contributed by atoms with van der Waals surface area (Å²) in [6.45, 7) is 3.51. The average molecular weight is 377 g/mol. The highest BCUT2D eigenvalue weighted by atomic mass is 16.7. The van der Waals surface area contributed by atoms with Crippen molar-refractivity contribution in [2.24, 2.45) is 0 Å². The smallest absolute Gasteiger partial charge is 0.303 e. The van der Waals surface area contributed by atoms with Crippen LogP contribution in [-0.4, -0.2) is 54.5 Å². The number of carbonyl (C=O) groups is 4. The molecule has 2 saturated heterocycles. The number of anilines is 1. The zero-order valence-corrected chi connectivity index (χ0v) is 15.0. The monoisotopic (exact) mass is 377 g/mol. The molecule has 0 aliphatic carbocycles. The first-order chi connectivity index (χ1) is 12.8. The van der Waals surface area contributed by atoms with Crippen LogP contribution in [0.5, 0.6) is 0 Å². The Morgan fingerprint density at radius 1 is 0.852 bits per heavy atom. The molecule has 2 fully saturated rings. The van der Waals surface area contributed by atoms with E-state index in [4.69, 9.17) is 18.9 Å². The van der Waals surface area contributed by atoms with E-state index in [1.54, 1.807) is 30.3 Å². The maximum Gasteiger partial charge on any atom is 0.303 e. The van der Waals surface area contributed by atoms with Gasteiger partial charge in [-0.1, -0.05) is 18.2 Å². The summed E-state index contributed by atoms with van der Waals surface area (Å²) in [6.07, 6.45) is -5.80. The number of esters is 3. The van der Waals surface area contributed by atoms with E-state index < -0.39 is 54.5 Å². The molecule has 0 radical (unpaired) electrons. The lowest BCUT2D eigenvalue weighted by molar-refractivity contribution is -0.228. The van der Waals surface area contributed by atoms with Crippen molar-refractivity contribution in [1.29, 1.82) is 0 Å². The molecule has 0 spiro atoms. The van der Waals surface area contributed by atoms with Gasteiger partial charge in [-0.25, -0.2) is 0 Å². The third-order valence-corrected chi connectivity index (χ3v) is 4.19. The van der Waals surface area contributed by atoms with Crippen LogP contribution in [0.2, 0.25) is 0 Å². The van der Waals surface area contributed by atoms with Gasteiger partial charge >= 0.3 is 17.9 Å². The minimum atomic E-state index is -1.24. The molecule has 0 unspecified atom stereocenters. The lowest BCUT2D eigenvalue weighted by atomic mass is 10.00. The van der Waals surface area contributed by atoms with Crippen LogP contribution in [0.1, 0.15) is 20.8 Å². The number of hydrogen-bond donors (Lipinski definition) is 0. The molecule has 0 aromatic heterocycles. The number of amides is 1. The highest BCUT2D eigenvalue weighted by Gasteiger charge is 2.62. The van der Waals surface area contributed by atoms with Gasteiger partial charge in [0.05, 0.1) is 0 Å². The van der Waals surface area contributed by atoms with Crippen LogP contribution >= 0.6 is 0 Å². The quantitative estimate of drug-likeness (QED) is 0.553. The van der Waals surface area contributed by atoms with Gasteiger partial charge in [0.1, 0.15) is 0 Å². The van der Waals surface area contributed by atoms with E-state index in [1.165, 1.54) is 18.7 Å². The summed E-state index contributed by atoms with van der Waals surface area (Å²) in [5.41, 5.74) is 0.511. The predicted octanol–water partition coefficient (Wildman–Crippen LogP) is 0.553. The lowest BCUT2D eigenvalue weighted by Crippen LogP contribution is -2.59. The summed E-state index contributed by atoms with van der Waals surface area (Å²) >= 11 is 0. The van der Waals surface area contributed by atoms with E-state index in [9.17, 15) is 19.2 Å². The third-order valence-electron chi connectivity index (χ3n) is 4.19. The fourth-order valence-corrected chi connectivity index (χ4v) is 3.32. The first-order valence-corrected chi connectivity index (χ1v) is 8.35. The minimum absolute atomic E-state index is 0.482. The fraction of sp³-hybridized carbons (Fsp3) is 0.444. The van der Waals surface area contributed by atoms with Crippen molar-refractivity contribution in [3.63, 3.8) is 0 Å². The van der Waals surface area contributed by atoms with Gasteiger partial charge in [0.25, 0.3) is 5.91 Å². The Hall–Kier alpha value is -2.94. The van der Waals surface area contributed by atoms with E-state index in [0.717, 1.165) is 6.92 Å². The molecule has 0 N–H and O–H groups in total. The first kappa shape index (κ1) is 18.8. The van der Waals surface area contributed by atoms with Crippen LogP contribution in [0.15, 0.2) is 30.3 Å². The third kappa shape index (κ3) is 3.63. The summed E-state index contributed by atoms with van der Waals surface area (Å²) < 4.78 is 21.6. The van der Waals surface area contributed by atoms with Crippen LogP contribution in [0.4, 0.5) is 5.69 Å². The van der Waals surface area contributed by atoms with Crippen molar-refractivity contribution in [1.82, 2.24) is 0 Å². The van der Waals surface area contributed by atoms with E-state index in [2.05, 4.69) is 0 Å². The molecular weight excluding hydrogens is 358 g/mol. The van der Waals surface area contributed by atoms with Crippen LogP contribution in [0, 0.1) is 0 Å². The zero-order valence-electron chi connectivity index (χ0n) is 15.0. The predicted molar refractivity (Wildman–Crippen MR) is 89.3 cm³/mol. The van der Waals surface area contributed by atoms with Gasteiger partial charge in [0.2, 0.25) is 0 Å². The number of fused-ring (bicyclic) bond motifs is 2. The zero-order chi connectivity index (χ0) is 19.7. The SMILES string of the molecule is CC(=O)O[C@@H]1[C@@H](OC(C)=O)[C@H]2O[C@H](C(=O)N2c2ccccc2)[C@H]1OC(C)=O. The van der Waals surface area contributed by atoms with E-state index >= 15 is 0 Å². The van der Waals surface area contributed by atoms with Gasteiger partial charge in [-0.05, 0) is 12.1 Å². The largest absolute Gasteiger partial charge is 0.455 e. The van der Waals surface area contributed by atoms with Gasteiger partial charge < -0.3 is 18.9 Å². The van der Waals surface area contributed by atoms with Gasteiger partial charge in [-0.3, -0.25) is 24.1 Å². The van der Waals surface area contributed by atoms with E-state index in [-0.39, 0.29) is 0 Å². The van der Waals surface area contributed by atoms with Crippen molar-refractivity contribution in [3.8, 4) is 0 Å². The maximum absolute atomic E-state index is 13.0. The van der Waals surface area contributed by atoms with Crippen molar-refractivity contribution >= 4 is 29.5 Å². The Morgan fingerprint density at radius 2 is 1.37 bits per heavy atom. The topological polar surface area (TPSA) is 108 Å². The number of para-hydroxylation sites is 1. The summed E-state index contributed by atoms with van der Waals surface area (Å²) in [7, 11) is 0. The molecular formula is C18H19NO8. The van der Waals surface area contributed by atoms with Crippen molar-refractivity contribution in [2.75, 3.05) is 4.90 Å². The second-order valence-corrected chi connectivity index (χ2v) is 6.21. The Bertz CT molecular complexity index is 764. The van der Waals surface area contributed by atoms with Gasteiger partial charge in [0.15, 0.2) is 30.6 Å². The molecule has 9 nitrogen and oxygen atoms in total. The van der Waals surface area contributed by atoms with Gasteiger partial charge in [0, 0.05) is 26.5 Å². The number of nitrogens with zero attached hydrogens (tertiary/aromatic N) is 1. The second-order valence-electron chi connectivity index (χ2n) is 6.21. The maximum atomic E-state index is 13.0. The average Bonchev–Trinajstić information content (AvgIpc) is 2.89. The normalized spacial score (nSPS) is 29.2. The number of benzene rings is 1. The van der Waals surface area contributed by atoms with Crippen LogP contribution in [0.3, 0.4) is 0 Å². The Morgan fingerprint density at radius 3 is 1.93 bits per heavy atom. The number of hydrogen-bond acceptors (Lipinski definition) is 8. The summed E-state index contributed by atoms with van der Waals surface area (Å²) in [5, 5.41) is 0. The van der Waals surface area contributed by atoms with Crippen molar-refractivity contribution < 1.29 is 38.1 Å². The van der Waals surface area contributed by atoms with E-state index in [1.807, 2.05) is 0 Å².